The Bertz CT molecular complexity index is 302. The third-order valence-corrected chi connectivity index (χ3v) is 4.05. The lowest BCUT2D eigenvalue weighted by molar-refractivity contribution is -0.174. The number of alkyl halides is 3. The quantitative estimate of drug-likeness (QED) is 0.763. The third kappa shape index (κ3) is 6.98. The highest BCUT2D eigenvalue weighted by atomic mass is 19.4. The SMILES string of the molecule is CCC1CNC(C(C)(C)C)CN1CCCOCC(F)(F)F. The number of rotatable bonds is 6. The van der Waals surface area contributed by atoms with Crippen molar-refractivity contribution in [3.63, 3.8) is 0 Å². The smallest absolute Gasteiger partial charge is 0.372 e. The van der Waals surface area contributed by atoms with E-state index in [4.69, 9.17) is 0 Å². The van der Waals surface area contributed by atoms with Gasteiger partial charge in [-0.1, -0.05) is 27.7 Å². The molecule has 0 aromatic rings. The van der Waals surface area contributed by atoms with E-state index >= 15 is 0 Å². The van der Waals surface area contributed by atoms with Crippen LogP contribution in [0.2, 0.25) is 0 Å². The molecule has 1 fully saturated rings. The van der Waals surface area contributed by atoms with Crippen molar-refractivity contribution in [3.8, 4) is 0 Å². The first kappa shape index (κ1) is 18.7. The van der Waals surface area contributed by atoms with Crippen molar-refractivity contribution in [3.05, 3.63) is 0 Å². The number of hydrogen-bond acceptors (Lipinski definition) is 3. The molecule has 1 heterocycles. The topological polar surface area (TPSA) is 24.5 Å². The molecule has 1 N–H and O–H groups in total. The van der Waals surface area contributed by atoms with E-state index in [-0.39, 0.29) is 12.0 Å². The Labute approximate surface area is 126 Å². The number of ether oxygens (including phenoxy) is 1. The van der Waals surface area contributed by atoms with Crippen LogP contribution in [0.5, 0.6) is 0 Å². The summed E-state index contributed by atoms with van der Waals surface area (Å²) in [6.07, 6.45) is -2.53. The Morgan fingerprint density at radius 3 is 2.43 bits per heavy atom. The van der Waals surface area contributed by atoms with E-state index in [1.54, 1.807) is 0 Å². The van der Waals surface area contributed by atoms with Gasteiger partial charge in [0.2, 0.25) is 0 Å². The molecule has 0 saturated carbocycles. The lowest BCUT2D eigenvalue weighted by Gasteiger charge is -2.45. The zero-order valence-electron chi connectivity index (χ0n) is 13.6. The average molecular weight is 310 g/mol. The van der Waals surface area contributed by atoms with E-state index in [1.807, 2.05) is 0 Å². The van der Waals surface area contributed by atoms with Crippen LogP contribution in [0.3, 0.4) is 0 Å². The van der Waals surface area contributed by atoms with Crippen molar-refractivity contribution in [2.24, 2.45) is 5.41 Å². The third-order valence-electron chi connectivity index (χ3n) is 4.05. The fourth-order valence-corrected chi connectivity index (χ4v) is 2.67. The van der Waals surface area contributed by atoms with Crippen LogP contribution in [0, 0.1) is 5.41 Å². The summed E-state index contributed by atoms with van der Waals surface area (Å²) in [5.74, 6) is 0. The van der Waals surface area contributed by atoms with Gasteiger partial charge in [0.15, 0.2) is 0 Å². The molecule has 1 aliphatic rings. The van der Waals surface area contributed by atoms with Gasteiger partial charge in [0.05, 0.1) is 0 Å². The Hall–Kier alpha value is -0.330. The largest absolute Gasteiger partial charge is 0.411 e. The lowest BCUT2D eigenvalue weighted by atomic mass is 9.84. The summed E-state index contributed by atoms with van der Waals surface area (Å²) in [6, 6.07) is 0.877. The molecule has 6 heteroatoms. The highest BCUT2D eigenvalue weighted by Gasteiger charge is 2.33. The van der Waals surface area contributed by atoms with Gasteiger partial charge < -0.3 is 10.1 Å². The van der Waals surface area contributed by atoms with Crippen molar-refractivity contribution in [1.82, 2.24) is 10.2 Å². The van der Waals surface area contributed by atoms with Gasteiger partial charge >= 0.3 is 6.18 Å². The predicted molar refractivity (Wildman–Crippen MR) is 78.4 cm³/mol. The van der Waals surface area contributed by atoms with Crippen LogP contribution in [0.1, 0.15) is 40.5 Å². The number of nitrogens with one attached hydrogen (secondary N) is 1. The molecule has 0 spiro atoms. The second-order valence-electron chi connectivity index (χ2n) is 6.91. The summed E-state index contributed by atoms with van der Waals surface area (Å²) in [6.45, 7) is 10.5. The fraction of sp³-hybridized carbons (Fsp3) is 1.00. The summed E-state index contributed by atoms with van der Waals surface area (Å²) < 4.78 is 40.7. The van der Waals surface area contributed by atoms with Crippen LogP contribution in [-0.4, -0.2) is 56.0 Å². The zero-order chi connectivity index (χ0) is 16.1. The van der Waals surface area contributed by atoms with Crippen molar-refractivity contribution in [1.29, 1.82) is 0 Å². The molecule has 2 atom stereocenters. The molecule has 0 aromatic heterocycles. The van der Waals surface area contributed by atoms with E-state index in [0.717, 1.165) is 26.1 Å². The summed E-state index contributed by atoms with van der Waals surface area (Å²) in [5.41, 5.74) is 0.184. The predicted octanol–water partition coefficient (Wildman–Crippen LogP) is 3.05. The van der Waals surface area contributed by atoms with Crippen LogP contribution in [0.25, 0.3) is 0 Å². The van der Waals surface area contributed by atoms with Gasteiger partial charge in [0.1, 0.15) is 6.61 Å². The van der Waals surface area contributed by atoms with E-state index in [0.29, 0.717) is 18.5 Å². The Balaban J connectivity index is 2.35. The highest BCUT2D eigenvalue weighted by Crippen LogP contribution is 2.24. The van der Waals surface area contributed by atoms with E-state index in [1.165, 1.54) is 0 Å². The van der Waals surface area contributed by atoms with Gasteiger partial charge in [-0.05, 0) is 18.3 Å². The second-order valence-corrected chi connectivity index (χ2v) is 6.91. The number of piperazine rings is 1. The molecule has 1 saturated heterocycles. The lowest BCUT2D eigenvalue weighted by Crippen LogP contribution is -2.60. The minimum Gasteiger partial charge on any atom is -0.372 e. The van der Waals surface area contributed by atoms with Gasteiger partial charge in [-0.15, -0.1) is 0 Å². The molecule has 3 nitrogen and oxygen atoms in total. The van der Waals surface area contributed by atoms with Gasteiger partial charge in [0.25, 0.3) is 0 Å². The summed E-state index contributed by atoms with van der Waals surface area (Å²) in [5, 5.41) is 3.59. The molecule has 2 unspecified atom stereocenters. The first-order valence-corrected chi connectivity index (χ1v) is 7.75. The Morgan fingerprint density at radius 1 is 1.24 bits per heavy atom. The Kier molecular flexibility index (Phi) is 6.94. The van der Waals surface area contributed by atoms with Crippen LogP contribution >= 0.6 is 0 Å². The average Bonchev–Trinajstić information content (AvgIpc) is 2.35. The number of halogens is 3. The van der Waals surface area contributed by atoms with E-state index in [2.05, 4.69) is 42.6 Å². The van der Waals surface area contributed by atoms with Crippen molar-refractivity contribution in [2.45, 2.75) is 58.8 Å². The van der Waals surface area contributed by atoms with Crippen molar-refractivity contribution in [2.75, 3.05) is 32.8 Å². The monoisotopic (exact) mass is 310 g/mol. The zero-order valence-corrected chi connectivity index (χ0v) is 13.6. The van der Waals surface area contributed by atoms with Gasteiger partial charge in [-0.3, -0.25) is 4.90 Å². The van der Waals surface area contributed by atoms with Crippen LogP contribution in [0.15, 0.2) is 0 Å². The summed E-state index contributed by atoms with van der Waals surface area (Å²) in [4.78, 5) is 2.39. The van der Waals surface area contributed by atoms with Gasteiger partial charge in [-0.25, -0.2) is 0 Å². The first-order valence-electron chi connectivity index (χ1n) is 7.75. The molecular weight excluding hydrogens is 281 g/mol. The molecule has 0 aliphatic carbocycles. The fourth-order valence-electron chi connectivity index (χ4n) is 2.67. The molecule has 0 radical (unpaired) electrons. The molecule has 21 heavy (non-hydrogen) atoms. The standard InChI is InChI=1S/C15H29F3N2O/c1-5-12-9-19-13(14(2,3)4)10-20(12)7-6-8-21-11-15(16,17)18/h12-13,19H,5-11H2,1-4H3. The number of hydrogen-bond donors (Lipinski definition) is 1. The maximum Gasteiger partial charge on any atom is 0.411 e. The first-order chi connectivity index (χ1) is 9.63. The molecule has 1 aliphatic heterocycles. The molecule has 0 bridgehead atoms. The van der Waals surface area contributed by atoms with Crippen molar-refractivity contribution >= 4 is 0 Å². The molecule has 0 amide bonds. The maximum atomic E-state index is 12.0. The highest BCUT2D eigenvalue weighted by molar-refractivity contribution is 4.91. The normalized spacial score (nSPS) is 25.3. The minimum atomic E-state index is -4.22. The summed E-state index contributed by atoms with van der Waals surface area (Å²) in [7, 11) is 0. The van der Waals surface area contributed by atoms with E-state index < -0.39 is 12.8 Å². The van der Waals surface area contributed by atoms with Gasteiger partial charge in [-0.2, -0.15) is 13.2 Å². The Morgan fingerprint density at radius 2 is 1.90 bits per heavy atom. The van der Waals surface area contributed by atoms with E-state index in [9.17, 15) is 13.2 Å². The number of nitrogens with zero attached hydrogens (tertiary/aromatic N) is 1. The second kappa shape index (κ2) is 7.79. The molecular formula is C15H29F3N2O. The van der Waals surface area contributed by atoms with Crippen molar-refractivity contribution < 1.29 is 17.9 Å². The van der Waals surface area contributed by atoms with Crippen LogP contribution in [0.4, 0.5) is 13.2 Å². The molecule has 126 valence electrons. The van der Waals surface area contributed by atoms with Gasteiger partial charge in [0, 0.05) is 38.3 Å². The van der Waals surface area contributed by atoms with Crippen LogP contribution < -0.4 is 5.32 Å². The molecule has 0 aromatic carbocycles. The molecule has 1 rings (SSSR count). The van der Waals surface area contributed by atoms with Crippen LogP contribution in [-0.2, 0) is 4.74 Å². The minimum absolute atomic E-state index is 0.167. The maximum absolute atomic E-state index is 12.0. The summed E-state index contributed by atoms with van der Waals surface area (Å²) >= 11 is 0.